The third-order valence-corrected chi connectivity index (χ3v) is 5.73. The van der Waals surface area contributed by atoms with Gasteiger partial charge in [-0.2, -0.15) is 0 Å². The molecule has 0 fully saturated rings. The van der Waals surface area contributed by atoms with Crippen molar-refractivity contribution in [1.82, 2.24) is 9.97 Å². The molecular formula is C18H12N2O2S. The highest BCUT2D eigenvalue weighted by Crippen LogP contribution is 2.31. The van der Waals surface area contributed by atoms with E-state index in [4.69, 9.17) is 0 Å². The van der Waals surface area contributed by atoms with Crippen molar-refractivity contribution in [3.05, 3.63) is 73.3 Å². The predicted octanol–water partition coefficient (Wildman–Crippen LogP) is 3.62. The SMILES string of the molecule is O=S(=O)(c1cccc2cnccc12)c1cccc2cnccc12. The molecule has 0 saturated heterocycles. The Balaban J connectivity index is 2.07. The Morgan fingerprint density at radius 2 is 1.13 bits per heavy atom. The molecule has 0 saturated carbocycles. The van der Waals surface area contributed by atoms with Gasteiger partial charge >= 0.3 is 0 Å². The molecule has 0 amide bonds. The van der Waals surface area contributed by atoms with Crippen LogP contribution >= 0.6 is 0 Å². The first-order valence-corrected chi connectivity index (χ1v) is 8.57. The molecule has 0 bridgehead atoms. The van der Waals surface area contributed by atoms with Crippen LogP contribution in [0.1, 0.15) is 0 Å². The molecule has 0 aliphatic carbocycles. The van der Waals surface area contributed by atoms with Gasteiger partial charge in [0, 0.05) is 46.3 Å². The summed E-state index contributed by atoms with van der Waals surface area (Å²) in [6.07, 6.45) is 6.55. The van der Waals surface area contributed by atoms with Gasteiger partial charge in [0.2, 0.25) is 9.84 Å². The number of hydrogen-bond acceptors (Lipinski definition) is 4. The van der Waals surface area contributed by atoms with E-state index >= 15 is 0 Å². The molecule has 23 heavy (non-hydrogen) atoms. The Bertz CT molecular complexity index is 1040. The van der Waals surface area contributed by atoms with Crippen LogP contribution in [0.3, 0.4) is 0 Å². The van der Waals surface area contributed by atoms with E-state index in [0.29, 0.717) is 20.6 Å². The van der Waals surface area contributed by atoms with Crippen LogP contribution in [0.15, 0.2) is 83.1 Å². The number of pyridine rings is 2. The van der Waals surface area contributed by atoms with Gasteiger partial charge in [0.15, 0.2) is 0 Å². The van der Waals surface area contributed by atoms with Crippen molar-refractivity contribution in [3.8, 4) is 0 Å². The van der Waals surface area contributed by atoms with E-state index in [9.17, 15) is 8.42 Å². The predicted molar refractivity (Wildman–Crippen MR) is 88.9 cm³/mol. The summed E-state index contributed by atoms with van der Waals surface area (Å²) in [7, 11) is -3.65. The normalized spacial score (nSPS) is 11.8. The quantitative estimate of drug-likeness (QED) is 0.566. The number of aromatic nitrogens is 2. The fourth-order valence-corrected chi connectivity index (χ4v) is 4.48. The first kappa shape index (κ1) is 13.8. The van der Waals surface area contributed by atoms with Crippen molar-refractivity contribution in [2.45, 2.75) is 9.79 Å². The maximum atomic E-state index is 13.2. The first-order chi connectivity index (χ1) is 11.2. The summed E-state index contributed by atoms with van der Waals surface area (Å²) < 4.78 is 26.4. The standard InChI is InChI=1S/C18H12N2O2S/c21-23(22,17-5-1-3-13-11-19-9-7-15(13)17)18-6-2-4-14-12-20-10-8-16(14)18/h1-12H. The van der Waals surface area contributed by atoms with E-state index in [2.05, 4.69) is 9.97 Å². The van der Waals surface area contributed by atoms with Crippen LogP contribution in [-0.2, 0) is 9.84 Å². The number of hydrogen-bond donors (Lipinski definition) is 0. The fourth-order valence-electron chi connectivity index (χ4n) is 2.77. The van der Waals surface area contributed by atoms with Gasteiger partial charge in [0.05, 0.1) is 9.79 Å². The second kappa shape index (κ2) is 5.14. The molecule has 2 aromatic heterocycles. The molecule has 0 spiro atoms. The lowest BCUT2D eigenvalue weighted by Gasteiger charge is -2.10. The summed E-state index contributed by atoms with van der Waals surface area (Å²) >= 11 is 0. The molecular weight excluding hydrogens is 308 g/mol. The number of benzene rings is 2. The molecule has 0 N–H and O–H groups in total. The van der Waals surface area contributed by atoms with Gasteiger partial charge in [-0.25, -0.2) is 8.42 Å². The van der Waals surface area contributed by atoms with Crippen molar-refractivity contribution < 1.29 is 8.42 Å². The highest BCUT2D eigenvalue weighted by atomic mass is 32.2. The van der Waals surface area contributed by atoms with Crippen LogP contribution in [-0.4, -0.2) is 18.4 Å². The first-order valence-electron chi connectivity index (χ1n) is 7.08. The summed E-state index contributed by atoms with van der Waals surface area (Å²) in [5.74, 6) is 0. The van der Waals surface area contributed by atoms with E-state index < -0.39 is 9.84 Å². The molecule has 0 radical (unpaired) electrons. The second-order valence-corrected chi connectivity index (χ2v) is 7.10. The third kappa shape index (κ3) is 2.17. The molecule has 5 heteroatoms. The van der Waals surface area contributed by atoms with E-state index in [1.807, 2.05) is 12.1 Å². The smallest absolute Gasteiger partial charge is 0.207 e. The lowest BCUT2D eigenvalue weighted by molar-refractivity contribution is 0.598. The molecule has 2 aromatic carbocycles. The van der Waals surface area contributed by atoms with Crippen LogP contribution in [0, 0.1) is 0 Å². The summed E-state index contributed by atoms with van der Waals surface area (Å²) in [5.41, 5.74) is 0. The monoisotopic (exact) mass is 320 g/mol. The van der Waals surface area contributed by atoms with Gasteiger partial charge in [0.1, 0.15) is 0 Å². The Labute approximate surface area is 133 Å². The zero-order chi connectivity index (χ0) is 15.9. The zero-order valence-electron chi connectivity index (χ0n) is 12.0. The highest BCUT2D eigenvalue weighted by Gasteiger charge is 2.22. The number of nitrogens with zero attached hydrogens (tertiary/aromatic N) is 2. The molecule has 2 heterocycles. The maximum absolute atomic E-state index is 13.2. The Kier molecular flexibility index (Phi) is 3.09. The summed E-state index contributed by atoms with van der Waals surface area (Å²) in [5, 5.41) is 2.95. The highest BCUT2D eigenvalue weighted by molar-refractivity contribution is 7.92. The van der Waals surface area contributed by atoms with E-state index in [1.165, 1.54) is 0 Å². The van der Waals surface area contributed by atoms with Crippen molar-refractivity contribution in [3.63, 3.8) is 0 Å². The van der Waals surface area contributed by atoms with E-state index in [1.54, 1.807) is 61.2 Å². The Morgan fingerprint density at radius 1 is 0.652 bits per heavy atom. The summed E-state index contributed by atoms with van der Waals surface area (Å²) in [6, 6.07) is 13.9. The van der Waals surface area contributed by atoms with Gasteiger partial charge in [-0.3, -0.25) is 9.97 Å². The van der Waals surface area contributed by atoms with Crippen molar-refractivity contribution in [1.29, 1.82) is 0 Å². The van der Waals surface area contributed by atoms with Crippen LogP contribution < -0.4 is 0 Å². The number of fused-ring (bicyclic) bond motifs is 2. The number of sulfone groups is 1. The average molecular weight is 320 g/mol. The molecule has 4 nitrogen and oxygen atoms in total. The van der Waals surface area contributed by atoms with Gasteiger partial charge in [-0.1, -0.05) is 24.3 Å². The minimum absolute atomic E-state index is 0.293. The summed E-state index contributed by atoms with van der Waals surface area (Å²) in [6.45, 7) is 0. The third-order valence-electron chi connectivity index (χ3n) is 3.86. The van der Waals surface area contributed by atoms with Gasteiger partial charge in [0.25, 0.3) is 0 Å². The van der Waals surface area contributed by atoms with Crippen LogP contribution in [0.25, 0.3) is 21.5 Å². The molecule has 0 aliphatic heterocycles. The molecule has 4 rings (SSSR count). The van der Waals surface area contributed by atoms with Crippen LogP contribution in [0.2, 0.25) is 0 Å². The summed E-state index contributed by atoms with van der Waals surface area (Å²) in [4.78, 5) is 8.70. The minimum atomic E-state index is -3.65. The van der Waals surface area contributed by atoms with E-state index in [-0.39, 0.29) is 0 Å². The van der Waals surface area contributed by atoms with Crippen molar-refractivity contribution in [2.24, 2.45) is 0 Å². The van der Waals surface area contributed by atoms with Crippen molar-refractivity contribution >= 4 is 31.4 Å². The maximum Gasteiger partial charge on any atom is 0.207 e. The molecule has 0 unspecified atom stereocenters. The van der Waals surface area contributed by atoms with E-state index in [0.717, 1.165) is 10.8 Å². The second-order valence-electron chi connectivity index (χ2n) is 5.21. The van der Waals surface area contributed by atoms with Crippen LogP contribution in [0.5, 0.6) is 0 Å². The van der Waals surface area contributed by atoms with Crippen LogP contribution in [0.4, 0.5) is 0 Å². The molecule has 112 valence electrons. The molecule has 0 aliphatic rings. The fraction of sp³-hybridized carbons (Fsp3) is 0. The number of rotatable bonds is 2. The van der Waals surface area contributed by atoms with Gasteiger partial charge < -0.3 is 0 Å². The topological polar surface area (TPSA) is 59.9 Å². The lowest BCUT2D eigenvalue weighted by atomic mass is 10.2. The molecule has 0 atom stereocenters. The zero-order valence-corrected chi connectivity index (χ0v) is 12.9. The Hall–Kier alpha value is -2.79. The lowest BCUT2D eigenvalue weighted by Crippen LogP contribution is -2.03. The Morgan fingerprint density at radius 3 is 1.61 bits per heavy atom. The largest absolute Gasteiger partial charge is 0.264 e. The average Bonchev–Trinajstić information content (AvgIpc) is 2.60. The van der Waals surface area contributed by atoms with Gasteiger partial charge in [-0.15, -0.1) is 0 Å². The van der Waals surface area contributed by atoms with Gasteiger partial charge in [-0.05, 0) is 24.3 Å². The molecule has 4 aromatic rings. The van der Waals surface area contributed by atoms with Crippen molar-refractivity contribution in [2.75, 3.05) is 0 Å². The minimum Gasteiger partial charge on any atom is -0.264 e.